The largest absolute Gasteiger partial charge is 0.401 e. The number of rotatable bonds is 5. The van der Waals surface area contributed by atoms with E-state index >= 15 is 0 Å². The summed E-state index contributed by atoms with van der Waals surface area (Å²) in [7, 11) is 0. The van der Waals surface area contributed by atoms with Gasteiger partial charge in [-0.1, -0.05) is 6.92 Å². The standard InChI is InChI=1S/C9H17F3N2/c1-2-14(6-9(10,11)12)5-8(13)7-3-4-7/h7-8H,2-6,13H2,1H3. The first-order valence-corrected chi connectivity index (χ1v) is 4.97. The molecule has 0 radical (unpaired) electrons. The minimum absolute atomic E-state index is 0.0858. The topological polar surface area (TPSA) is 29.3 Å². The van der Waals surface area contributed by atoms with Gasteiger partial charge in [-0.2, -0.15) is 13.2 Å². The van der Waals surface area contributed by atoms with E-state index in [1.165, 1.54) is 4.90 Å². The van der Waals surface area contributed by atoms with Gasteiger partial charge in [0, 0.05) is 12.6 Å². The lowest BCUT2D eigenvalue weighted by Crippen LogP contribution is -2.43. The van der Waals surface area contributed by atoms with Crippen molar-refractivity contribution in [3.05, 3.63) is 0 Å². The van der Waals surface area contributed by atoms with Crippen LogP contribution < -0.4 is 5.73 Å². The molecule has 0 amide bonds. The van der Waals surface area contributed by atoms with Crippen molar-refractivity contribution in [3.8, 4) is 0 Å². The van der Waals surface area contributed by atoms with Crippen LogP contribution in [0.1, 0.15) is 19.8 Å². The molecular formula is C9H17F3N2. The summed E-state index contributed by atoms with van der Waals surface area (Å²) in [6.45, 7) is 1.65. The van der Waals surface area contributed by atoms with Crippen molar-refractivity contribution in [1.82, 2.24) is 4.90 Å². The van der Waals surface area contributed by atoms with E-state index in [4.69, 9.17) is 5.73 Å². The van der Waals surface area contributed by atoms with E-state index in [0.29, 0.717) is 19.0 Å². The Morgan fingerprint density at radius 1 is 1.43 bits per heavy atom. The van der Waals surface area contributed by atoms with Gasteiger partial charge in [-0.05, 0) is 25.3 Å². The number of hydrogen-bond donors (Lipinski definition) is 1. The average molecular weight is 210 g/mol. The first kappa shape index (κ1) is 11.8. The van der Waals surface area contributed by atoms with Gasteiger partial charge >= 0.3 is 6.18 Å². The highest BCUT2D eigenvalue weighted by Gasteiger charge is 2.34. The third-order valence-electron chi connectivity index (χ3n) is 2.55. The quantitative estimate of drug-likeness (QED) is 0.747. The highest BCUT2D eigenvalue weighted by Crippen LogP contribution is 2.32. The zero-order chi connectivity index (χ0) is 10.8. The molecule has 0 aromatic rings. The molecule has 1 saturated carbocycles. The molecule has 1 unspecified atom stereocenters. The Labute approximate surface area is 82.2 Å². The molecule has 0 bridgehead atoms. The lowest BCUT2D eigenvalue weighted by molar-refractivity contribution is -0.146. The van der Waals surface area contributed by atoms with E-state index in [9.17, 15) is 13.2 Å². The number of nitrogens with two attached hydrogens (primary N) is 1. The molecule has 14 heavy (non-hydrogen) atoms. The molecule has 1 aliphatic rings. The molecule has 0 aromatic heterocycles. The third-order valence-corrected chi connectivity index (χ3v) is 2.55. The molecule has 84 valence electrons. The summed E-state index contributed by atoms with van der Waals surface area (Å²) in [6, 6.07) is -0.0858. The van der Waals surface area contributed by atoms with E-state index in [1.807, 2.05) is 0 Å². The van der Waals surface area contributed by atoms with E-state index in [0.717, 1.165) is 12.8 Å². The maximum absolute atomic E-state index is 12.1. The first-order valence-electron chi connectivity index (χ1n) is 4.97. The molecule has 0 aromatic carbocycles. The normalized spacial score (nSPS) is 20.1. The Morgan fingerprint density at radius 2 is 2.00 bits per heavy atom. The SMILES string of the molecule is CCN(CC(N)C1CC1)CC(F)(F)F. The molecule has 1 rings (SSSR count). The summed E-state index contributed by atoms with van der Waals surface area (Å²) < 4.78 is 36.2. The zero-order valence-electron chi connectivity index (χ0n) is 8.35. The van der Waals surface area contributed by atoms with Gasteiger partial charge in [0.05, 0.1) is 6.54 Å². The summed E-state index contributed by atoms with van der Waals surface area (Å²) in [4.78, 5) is 1.36. The Balaban J connectivity index is 2.30. The monoisotopic (exact) mass is 210 g/mol. The van der Waals surface area contributed by atoms with Gasteiger partial charge in [-0.3, -0.25) is 4.90 Å². The minimum Gasteiger partial charge on any atom is -0.326 e. The van der Waals surface area contributed by atoms with Crippen molar-refractivity contribution in [2.75, 3.05) is 19.6 Å². The number of likely N-dealkylation sites (N-methyl/N-ethyl adjacent to an activating group) is 1. The lowest BCUT2D eigenvalue weighted by atomic mass is 10.2. The van der Waals surface area contributed by atoms with Crippen LogP contribution in [0.2, 0.25) is 0 Å². The van der Waals surface area contributed by atoms with Crippen LogP contribution in [0.4, 0.5) is 13.2 Å². The van der Waals surface area contributed by atoms with Gasteiger partial charge in [0.2, 0.25) is 0 Å². The Hall–Kier alpha value is -0.290. The van der Waals surface area contributed by atoms with E-state index in [-0.39, 0.29) is 6.04 Å². The summed E-state index contributed by atoms with van der Waals surface area (Å²) in [5, 5.41) is 0. The van der Waals surface area contributed by atoms with Crippen LogP contribution in [-0.4, -0.2) is 36.8 Å². The molecule has 0 saturated heterocycles. The zero-order valence-corrected chi connectivity index (χ0v) is 8.35. The van der Waals surface area contributed by atoms with Gasteiger partial charge in [0.25, 0.3) is 0 Å². The molecule has 0 heterocycles. The van der Waals surface area contributed by atoms with Crippen molar-refractivity contribution < 1.29 is 13.2 Å². The Morgan fingerprint density at radius 3 is 2.36 bits per heavy atom. The number of nitrogens with zero attached hydrogens (tertiary/aromatic N) is 1. The van der Waals surface area contributed by atoms with Crippen LogP contribution in [-0.2, 0) is 0 Å². The summed E-state index contributed by atoms with van der Waals surface area (Å²) in [5.41, 5.74) is 5.77. The molecule has 0 spiro atoms. The van der Waals surface area contributed by atoms with Gasteiger partial charge in [-0.25, -0.2) is 0 Å². The van der Waals surface area contributed by atoms with Crippen LogP contribution in [0.3, 0.4) is 0 Å². The van der Waals surface area contributed by atoms with Crippen LogP contribution in [0.15, 0.2) is 0 Å². The third kappa shape index (κ3) is 4.28. The maximum Gasteiger partial charge on any atom is 0.401 e. The smallest absolute Gasteiger partial charge is 0.326 e. The fraction of sp³-hybridized carbons (Fsp3) is 1.00. The summed E-state index contributed by atoms with van der Waals surface area (Å²) >= 11 is 0. The number of alkyl halides is 3. The van der Waals surface area contributed by atoms with Gasteiger partial charge in [0.15, 0.2) is 0 Å². The highest BCUT2D eigenvalue weighted by molar-refractivity contribution is 4.86. The second-order valence-corrected chi connectivity index (χ2v) is 3.94. The van der Waals surface area contributed by atoms with Gasteiger partial charge in [0.1, 0.15) is 0 Å². The molecule has 2 N–H and O–H groups in total. The number of halogens is 3. The molecular weight excluding hydrogens is 193 g/mol. The first-order chi connectivity index (χ1) is 6.42. The average Bonchev–Trinajstić information content (AvgIpc) is 2.82. The molecule has 1 aliphatic carbocycles. The fourth-order valence-corrected chi connectivity index (χ4v) is 1.53. The van der Waals surface area contributed by atoms with Crippen LogP contribution >= 0.6 is 0 Å². The van der Waals surface area contributed by atoms with Crippen molar-refractivity contribution in [2.45, 2.75) is 32.0 Å². The predicted molar refractivity (Wildman–Crippen MR) is 48.9 cm³/mol. The van der Waals surface area contributed by atoms with E-state index in [1.54, 1.807) is 6.92 Å². The predicted octanol–water partition coefficient (Wildman–Crippen LogP) is 1.61. The number of hydrogen-bond acceptors (Lipinski definition) is 2. The molecule has 1 atom stereocenters. The lowest BCUT2D eigenvalue weighted by Gasteiger charge is -2.25. The van der Waals surface area contributed by atoms with Crippen molar-refractivity contribution in [2.24, 2.45) is 11.7 Å². The van der Waals surface area contributed by atoms with Crippen LogP contribution in [0.5, 0.6) is 0 Å². The van der Waals surface area contributed by atoms with Crippen LogP contribution in [0.25, 0.3) is 0 Å². The summed E-state index contributed by atoms with van der Waals surface area (Å²) in [5.74, 6) is 0.456. The Bertz CT molecular complexity index is 177. The second kappa shape index (κ2) is 4.49. The van der Waals surface area contributed by atoms with Crippen molar-refractivity contribution in [3.63, 3.8) is 0 Å². The van der Waals surface area contributed by atoms with Crippen molar-refractivity contribution in [1.29, 1.82) is 0 Å². The molecule has 5 heteroatoms. The van der Waals surface area contributed by atoms with Gasteiger partial charge < -0.3 is 5.73 Å². The molecule has 2 nitrogen and oxygen atoms in total. The minimum atomic E-state index is -4.11. The maximum atomic E-state index is 12.1. The van der Waals surface area contributed by atoms with E-state index in [2.05, 4.69) is 0 Å². The highest BCUT2D eigenvalue weighted by atomic mass is 19.4. The van der Waals surface area contributed by atoms with E-state index < -0.39 is 12.7 Å². The molecule has 1 fully saturated rings. The van der Waals surface area contributed by atoms with Gasteiger partial charge in [-0.15, -0.1) is 0 Å². The summed E-state index contributed by atoms with van der Waals surface area (Å²) in [6.07, 6.45) is -1.96. The van der Waals surface area contributed by atoms with Crippen LogP contribution in [0, 0.1) is 5.92 Å². The molecule has 0 aliphatic heterocycles. The Kier molecular flexibility index (Phi) is 3.78. The van der Waals surface area contributed by atoms with Crippen molar-refractivity contribution >= 4 is 0 Å². The second-order valence-electron chi connectivity index (χ2n) is 3.94. The fourth-order valence-electron chi connectivity index (χ4n) is 1.53.